The summed E-state index contributed by atoms with van der Waals surface area (Å²) in [5.74, 6) is -0.275. The summed E-state index contributed by atoms with van der Waals surface area (Å²) in [5.41, 5.74) is 1.97. The first kappa shape index (κ1) is 17.6. The second-order valence-electron chi connectivity index (χ2n) is 5.43. The number of aryl methyl sites for hydroxylation is 2. The van der Waals surface area contributed by atoms with Crippen molar-refractivity contribution in [2.24, 2.45) is 0 Å². The van der Waals surface area contributed by atoms with E-state index in [4.69, 9.17) is 0 Å². The van der Waals surface area contributed by atoms with Crippen molar-refractivity contribution in [2.45, 2.75) is 32.9 Å². The topological polar surface area (TPSA) is 110 Å². The Hall–Kier alpha value is -2.74. The number of aliphatic hydroxyl groups is 1. The van der Waals surface area contributed by atoms with Crippen molar-refractivity contribution in [3.63, 3.8) is 0 Å². The van der Waals surface area contributed by atoms with Crippen LogP contribution in [0.4, 0.5) is 5.82 Å². The Morgan fingerprint density at radius 1 is 1.42 bits per heavy atom. The summed E-state index contributed by atoms with van der Waals surface area (Å²) in [6.07, 6.45) is 2.13. The second kappa shape index (κ2) is 7.69. The van der Waals surface area contributed by atoms with Crippen molar-refractivity contribution >= 4 is 11.7 Å². The number of nitrogens with zero attached hydrogens (tertiary/aromatic N) is 3. The highest BCUT2D eigenvalue weighted by atomic mass is 16.6. The number of amides is 1. The maximum absolute atomic E-state index is 12.2. The molecule has 0 aliphatic heterocycles. The number of carbonyl (C=O) groups excluding carboxylic acids is 1. The Balaban J connectivity index is 2.05. The molecule has 0 spiro atoms. The molecule has 0 fully saturated rings. The molecule has 8 nitrogen and oxygen atoms in total. The van der Waals surface area contributed by atoms with Crippen LogP contribution in [0.1, 0.15) is 29.9 Å². The van der Waals surface area contributed by atoms with Gasteiger partial charge in [-0.1, -0.05) is 31.2 Å². The van der Waals surface area contributed by atoms with Crippen LogP contribution in [0, 0.1) is 17.0 Å². The van der Waals surface area contributed by atoms with E-state index in [-0.39, 0.29) is 24.9 Å². The van der Waals surface area contributed by atoms with Crippen LogP contribution in [-0.4, -0.2) is 32.1 Å². The zero-order chi connectivity index (χ0) is 17.7. The number of rotatable bonds is 7. The van der Waals surface area contributed by atoms with Gasteiger partial charge in [-0.2, -0.15) is 0 Å². The Morgan fingerprint density at radius 2 is 2.08 bits per heavy atom. The highest BCUT2D eigenvalue weighted by molar-refractivity contribution is 5.76. The number of hydrogen-bond donors (Lipinski definition) is 2. The molecule has 0 aliphatic carbocycles. The van der Waals surface area contributed by atoms with E-state index in [1.54, 1.807) is 6.92 Å². The Kier molecular flexibility index (Phi) is 5.64. The molecular formula is C16H20N4O4. The van der Waals surface area contributed by atoms with Crippen LogP contribution in [0.25, 0.3) is 0 Å². The van der Waals surface area contributed by atoms with Crippen LogP contribution in [0.3, 0.4) is 0 Å². The number of nitro groups is 1. The molecule has 0 aliphatic rings. The van der Waals surface area contributed by atoms with Crippen molar-refractivity contribution in [3.05, 3.63) is 57.5 Å². The predicted molar refractivity (Wildman–Crippen MR) is 87.4 cm³/mol. The number of aromatic nitrogens is 2. The van der Waals surface area contributed by atoms with E-state index in [0.717, 1.165) is 12.0 Å². The molecule has 2 rings (SSSR count). The van der Waals surface area contributed by atoms with Gasteiger partial charge in [0.25, 0.3) is 0 Å². The molecule has 2 N–H and O–H groups in total. The van der Waals surface area contributed by atoms with Crippen molar-refractivity contribution in [3.8, 4) is 0 Å². The molecule has 1 heterocycles. The molecule has 1 atom stereocenters. The predicted octanol–water partition coefficient (Wildman–Crippen LogP) is 1.51. The number of carbonyl (C=O) groups is 1. The van der Waals surface area contributed by atoms with Gasteiger partial charge >= 0.3 is 5.82 Å². The van der Waals surface area contributed by atoms with Crippen molar-refractivity contribution < 1.29 is 14.8 Å². The lowest BCUT2D eigenvalue weighted by molar-refractivity contribution is -0.389. The molecule has 2 aromatic rings. The van der Waals surface area contributed by atoms with E-state index in [9.17, 15) is 20.0 Å². The molecule has 1 unspecified atom stereocenters. The average Bonchev–Trinajstić information content (AvgIpc) is 2.94. The first-order valence-corrected chi connectivity index (χ1v) is 7.61. The third kappa shape index (κ3) is 4.17. The maximum atomic E-state index is 12.2. The van der Waals surface area contributed by atoms with Gasteiger partial charge in [0.2, 0.25) is 11.7 Å². The summed E-state index contributed by atoms with van der Waals surface area (Å²) in [6.45, 7) is 3.30. The fourth-order valence-corrected chi connectivity index (χ4v) is 2.35. The van der Waals surface area contributed by atoms with Gasteiger partial charge in [0, 0.05) is 6.92 Å². The van der Waals surface area contributed by atoms with E-state index in [0.29, 0.717) is 5.82 Å². The lowest BCUT2D eigenvalue weighted by Crippen LogP contribution is -2.33. The van der Waals surface area contributed by atoms with Crippen LogP contribution in [0.2, 0.25) is 0 Å². The Morgan fingerprint density at radius 3 is 2.58 bits per heavy atom. The number of nitrogens with one attached hydrogen (secondary N) is 1. The van der Waals surface area contributed by atoms with Gasteiger partial charge in [-0.3, -0.25) is 9.36 Å². The standard InChI is InChI=1S/C16H20N4O4/c1-3-12-4-6-13(7-5-12)14(10-21)18-16(22)9-19-8-15(20(23)24)17-11(19)2/h4-8,14,21H,3,9-10H2,1-2H3,(H,18,22). The first-order chi connectivity index (χ1) is 11.4. The second-order valence-corrected chi connectivity index (χ2v) is 5.43. The van der Waals surface area contributed by atoms with E-state index in [1.165, 1.54) is 16.3 Å². The fourth-order valence-electron chi connectivity index (χ4n) is 2.35. The number of benzene rings is 1. The summed E-state index contributed by atoms with van der Waals surface area (Å²) in [5, 5.41) is 23.0. The third-order valence-electron chi connectivity index (χ3n) is 3.77. The zero-order valence-electron chi connectivity index (χ0n) is 13.6. The van der Waals surface area contributed by atoms with Crippen molar-refractivity contribution in [2.75, 3.05) is 6.61 Å². The summed E-state index contributed by atoms with van der Waals surface area (Å²) in [4.78, 5) is 26.0. The highest BCUT2D eigenvalue weighted by Gasteiger charge is 2.19. The largest absolute Gasteiger partial charge is 0.394 e. The minimum atomic E-state index is -0.604. The summed E-state index contributed by atoms with van der Waals surface area (Å²) in [6, 6.07) is 7.11. The summed E-state index contributed by atoms with van der Waals surface area (Å²) in [7, 11) is 0. The third-order valence-corrected chi connectivity index (χ3v) is 3.77. The van der Waals surface area contributed by atoms with Gasteiger partial charge in [0.1, 0.15) is 12.7 Å². The van der Waals surface area contributed by atoms with Crippen LogP contribution in [0.15, 0.2) is 30.5 Å². The molecule has 0 saturated carbocycles. The van der Waals surface area contributed by atoms with E-state index in [1.807, 2.05) is 31.2 Å². The minimum absolute atomic E-state index is 0.101. The van der Waals surface area contributed by atoms with Crippen LogP contribution < -0.4 is 5.32 Å². The molecular weight excluding hydrogens is 312 g/mol. The van der Waals surface area contributed by atoms with Gasteiger partial charge in [-0.05, 0) is 27.5 Å². The maximum Gasteiger partial charge on any atom is 0.381 e. The Labute approximate surface area is 139 Å². The normalized spacial score (nSPS) is 12.0. The average molecular weight is 332 g/mol. The molecule has 0 radical (unpaired) electrons. The summed E-state index contributed by atoms with van der Waals surface area (Å²) < 4.78 is 1.40. The zero-order valence-corrected chi connectivity index (χ0v) is 13.6. The SMILES string of the molecule is CCc1ccc(C(CO)NC(=O)Cn2cc([N+](=O)[O-])nc2C)cc1. The number of hydrogen-bond acceptors (Lipinski definition) is 5. The monoisotopic (exact) mass is 332 g/mol. The van der Waals surface area contributed by atoms with Gasteiger partial charge in [-0.25, -0.2) is 0 Å². The molecule has 1 amide bonds. The van der Waals surface area contributed by atoms with Gasteiger partial charge in [0.15, 0.2) is 0 Å². The van der Waals surface area contributed by atoms with E-state index >= 15 is 0 Å². The Bertz CT molecular complexity index is 724. The number of imidazole rings is 1. The van der Waals surface area contributed by atoms with E-state index in [2.05, 4.69) is 10.3 Å². The van der Waals surface area contributed by atoms with Gasteiger partial charge < -0.3 is 20.5 Å². The smallest absolute Gasteiger partial charge is 0.381 e. The van der Waals surface area contributed by atoms with Gasteiger partial charge in [0.05, 0.1) is 12.6 Å². The first-order valence-electron chi connectivity index (χ1n) is 7.61. The lowest BCUT2D eigenvalue weighted by atomic mass is 10.0. The van der Waals surface area contributed by atoms with Crippen molar-refractivity contribution in [1.82, 2.24) is 14.9 Å². The minimum Gasteiger partial charge on any atom is -0.394 e. The number of aliphatic hydroxyl groups excluding tert-OH is 1. The molecule has 8 heteroatoms. The summed E-state index contributed by atoms with van der Waals surface area (Å²) >= 11 is 0. The van der Waals surface area contributed by atoms with Gasteiger partial charge in [-0.15, -0.1) is 0 Å². The van der Waals surface area contributed by atoms with Crippen molar-refractivity contribution in [1.29, 1.82) is 0 Å². The quantitative estimate of drug-likeness (QED) is 0.590. The molecule has 24 heavy (non-hydrogen) atoms. The molecule has 0 saturated heterocycles. The molecule has 1 aromatic heterocycles. The highest BCUT2D eigenvalue weighted by Crippen LogP contribution is 2.15. The van der Waals surface area contributed by atoms with E-state index < -0.39 is 11.0 Å². The fraction of sp³-hybridized carbons (Fsp3) is 0.375. The lowest BCUT2D eigenvalue weighted by Gasteiger charge is -2.17. The van der Waals surface area contributed by atoms with Crippen LogP contribution in [-0.2, 0) is 17.8 Å². The molecule has 0 bridgehead atoms. The van der Waals surface area contributed by atoms with Crippen LogP contribution >= 0.6 is 0 Å². The van der Waals surface area contributed by atoms with Crippen LogP contribution in [0.5, 0.6) is 0 Å². The molecule has 1 aromatic carbocycles. The molecule has 128 valence electrons.